The van der Waals surface area contributed by atoms with E-state index in [9.17, 15) is 14.7 Å². The van der Waals surface area contributed by atoms with Crippen molar-refractivity contribution in [2.45, 2.75) is 32.6 Å². The van der Waals surface area contributed by atoms with Crippen LogP contribution in [0.4, 0.5) is 4.79 Å². The van der Waals surface area contributed by atoms with Crippen LogP contribution in [0.15, 0.2) is 66.7 Å². The van der Waals surface area contributed by atoms with Gasteiger partial charge in [0.05, 0.1) is 6.61 Å². The first-order valence-electron chi connectivity index (χ1n) is 13.7. The molecular formula is C32H33NO6S. The van der Waals surface area contributed by atoms with Crippen LogP contribution >= 0.6 is 11.3 Å². The number of aromatic hydroxyl groups is 1. The summed E-state index contributed by atoms with van der Waals surface area (Å²) in [5.74, 6) is 1.11. The maximum atomic E-state index is 13.9. The van der Waals surface area contributed by atoms with Gasteiger partial charge in [0.25, 0.3) is 0 Å². The average Bonchev–Trinajstić information content (AvgIpc) is 3.35. The van der Waals surface area contributed by atoms with Gasteiger partial charge in [0.1, 0.15) is 23.9 Å². The maximum absolute atomic E-state index is 13.9. The molecule has 1 aliphatic heterocycles. The number of hydrogen-bond acceptors (Lipinski definition) is 8. The number of hydrogen-bond donors (Lipinski definition) is 1. The third kappa shape index (κ3) is 6.63. The summed E-state index contributed by atoms with van der Waals surface area (Å²) < 4.78 is 17.1. The van der Waals surface area contributed by atoms with E-state index >= 15 is 0 Å². The summed E-state index contributed by atoms with van der Waals surface area (Å²) in [4.78, 5) is 29.1. The third-order valence-corrected chi connectivity index (χ3v) is 8.09. The van der Waals surface area contributed by atoms with E-state index < -0.39 is 6.16 Å². The van der Waals surface area contributed by atoms with Gasteiger partial charge < -0.3 is 19.3 Å². The Labute approximate surface area is 237 Å². The number of piperidine rings is 1. The number of ketones is 1. The minimum atomic E-state index is -0.758. The van der Waals surface area contributed by atoms with Crippen molar-refractivity contribution in [1.82, 2.24) is 4.90 Å². The molecule has 0 radical (unpaired) electrons. The zero-order valence-electron chi connectivity index (χ0n) is 22.6. The highest BCUT2D eigenvalue weighted by molar-refractivity contribution is 7.22. The van der Waals surface area contributed by atoms with Crippen molar-refractivity contribution in [1.29, 1.82) is 0 Å². The second-order valence-corrected chi connectivity index (χ2v) is 10.9. The highest BCUT2D eigenvalue weighted by atomic mass is 32.1. The Bertz CT molecular complexity index is 1460. The number of fused-ring (bicyclic) bond motifs is 1. The van der Waals surface area contributed by atoms with Crippen LogP contribution in [0.25, 0.3) is 20.5 Å². The van der Waals surface area contributed by atoms with Crippen LogP contribution in [0.3, 0.4) is 0 Å². The third-order valence-electron chi connectivity index (χ3n) is 6.88. The summed E-state index contributed by atoms with van der Waals surface area (Å²) in [6, 6.07) is 19.2. The molecule has 0 saturated carbocycles. The number of ether oxygens (including phenoxy) is 3. The average molecular weight is 560 g/mol. The zero-order valence-corrected chi connectivity index (χ0v) is 23.4. The Morgan fingerprint density at radius 3 is 2.35 bits per heavy atom. The fourth-order valence-corrected chi connectivity index (χ4v) is 6.05. The second-order valence-electron chi connectivity index (χ2n) is 9.82. The first kappa shape index (κ1) is 27.7. The van der Waals surface area contributed by atoms with E-state index in [-0.39, 0.29) is 18.1 Å². The summed E-state index contributed by atoms with van der Waals surface area (Å²) in [6.07, 6.45) is 3.75. The topological polar surface area (TPSA) is 85.3 Å². The number of phenolic OH excluding ortho intramolecular Hbond substituents is 1. The van der Waals surface area contributed by atoms with Gasteiger partial charge in [-0.3, -0.25) is 9.69 Å². The Kier molecular flexibility index (Phi) is 8.98. The number of thiophene rings is 1. The largest absolute Gasteiger partial charge is 0.513 e. The molecule has 1 fully saturated rings. The first-order chi connectivity index (χ1) is 19.5. The van der Waals surface area contributed by atoms with Crippen LogP contribution in [0, 0.1) is 0 Å². The number of likely N-dealkylation sites (tertiary alicyclic amines) is 1. The van der Waals surface area contributed by atoms with Crippen LogP contribution in [0.5, 0.6) is 17.2 Å². The van der Waals surface area contributed by atoms with E-state index in [2.05, 4.69) is 4.90 Å². The quantitative estimate of drug-likeness (QED) is 0.124. The molecule has 1 saturated heterocycles. The summed E-state index contributed by atoms with van der Waals surface area (Å²) >= 11 is 1.43. The minimum Gasteiger partial charge on any atom is -0.508 e. The van der Waals surface area contributed by atoms with Gasteiger partial charge in [0.2, 0.25) is 0 Å². The van der Waals surface area contributed by atoms with Gasteiger partial charge in [0, 0.05) is 32.6 Å². The number of benzene rings is 3. The maximum Gasteiger partial charge on any atom is 0.513 e. The van der Waals surface area contributed by atoms with E-state index in [1.807, 2.05) is 19.1 Å². The number of phenols is 1. The lowest BCUT2D eigenvalue weighted by atomic mass is 9.97. The van der Waals surface area contributed by atoms with Crippen molar-refractivity contribution >= 4 is 33.4 Å². The number of carbonyl (C=O) groups excluding carboxylic acids is 2. The molecule has 0 spiro atoms. The van der Waals surface area contributed by atoms with Gasteiger partial charge in [0.15, 0.2) is 5.78 Å². The van der Waals surface area contributed by atoms with Gasteiger partial charge in [-0.05, 0) is 105 Å². The molecule has 0 unspecified atom stereocenters. The standard InChI is InChI=1S/C32H33NO6S/c1-2-19-38-32(36)39-26-14-15-27-28(21-26)40-31(23-6-10-24(34)11-7-23)29(27)30(35)22-8-12-25(13-9-22)37-20-18-33-16-4-3-5-17-33/h6-15,21,34H,2-5,16-20H2,1H3. The lowest BCUT2D eigenvalue weighted by Gasteiger charge is -2.26. The highest BCUT2D eigenvalue weighted by Gasteiger charge is 2.22. The van der Waals surface area contributed by atoms with Gasteiger partial charge in [-0.1, -0.05) is 13.3 Å². The van der Waals surface area contributed by atoms with Gasteiger partial charge in [-0.2, -0.15) is 0 Å². The molecule has 7 nitrogen and oxygen atoms in total. The van der Waals surface area contributed by atoms with E-state index in [0.717, 1.165) is 45.9 Å². The van der Waals surface area contributed by atoms with Crippen molar-refractivity contribution in [2.75, 3.05) is 32.8 Å². The highest BCUT2D eigenvalue weighted by Crippen LogP contribution is 2.41. The summed E-state index contributed by atoms with van der Waals surface area (Å²) in [6.45, 7) is 5.97. The molecular weight excluding hydrogens is 526 g/mol. The Hall–Kier alpha value is -3.88. The Balaban J connectivity index is 1.39. The van der Waals surface area contributed by atoms with Crippen molar-refractivity contribution in [3.63, 3.8) is 0 Å². The summed E-state index contributed by atoms with van der Waals surface area (Å²) in [5.41, 5.74) is 1.92. The van der Waals surface area contributed by atoms with Crippen LogP contribution < -0.4 is 9.47 Å². The Morgan fingerprint density at radius 2 is 1.62 bits per heavy atom. The van der Waals surface area contributed by atoms with Crippen molar-refractivity contribution in [3.05, 3.63) is 77.9 Å². The molecule has 1 aliphatic rings. The Morgan fingerprint density at radius 1 is 0.900 bits per heavy atom. The smallest absolute Gasteiger partial charge is 0.508 e. The number of rotatable bonds is 10. The molecule has 4 aromatic rings. The predicted molar refractivity (Wildman–Crippen MR) is 157 cm³/mol. The van der Waals surface area contributed by atoms with Crippen molar-refractivity contribution < 1.29 is 28.9 Å². The number of carbonyl (C=O) groups is 2. The lowest BCUT2D eigenvalue weighted by Crippen LogP contribution is -2.33. The molecule has 2 heterocycles. The summed E-state index contributed by atoms with van der Waals surface area (Å²) in [5, 5.41) is 10.6. The molecule has 0 atom stereocenters. The van der Waals surface area contributed by atoms with Crippen LogP contribution in [-0.4, -0.2) is 54.8 Å². The lowest BCUT2D eigenvalue weighted by molar-refractivity contribution is 0.0990. The van der Waals surface area contributed by atoms with Crippen molar-refractivity contribution in [3.8, 4) is 27.7 Å². The van der Waals surface area contributed by atoms with Crippen molar-refractivity contribution in [2.24, 2.45) is 0 Å². The predicted octanol–water partition coefficient (Wildman–Crippen LogP) is 7.30. The molecule has 208 valence electrons. The SMILES string of the molecule is CCCOC(=O)Oc1ccc2c(C(=O)c3ccc(OCCN4CCCCC4)cc3)c(-c3ccc(O)cc3)sc2c1. The second kappa shape index (κ2) is 13.0. The van der Waals surface area contributed by atoms with Crippen LogP contribution in [0.1, 0.15) is 48.5 Å². The molecule has 3 aromatic carbocycles. The molecule has 1 aromatic heterocycles. The normalized spacial score (nSPS) is 13.7. The van der Waals surface area contributed by atoms with Gasteiger partial charge in [-0.15, -0.1) is 11.3 Å². The first-order valence-corrected chi connectivity index (χ1v) is 14.5. The molecule has 0 aliphatic carbocycles. The zero-order chi connectivity index (χ0) is 27.9. The summed E-state index contributed by atoms with van der Waals surface area (Å²) in [7, 11) is 0. The van der Waals surface area contributed by atoms with Gasteiger partial charge >= 0.3 is 6.16 Å². The van der Waals surface area contributed by atoms with Crippen LogP contribution in [0.2, 0.25) is 0 Å². The number of nitrogens with zero attached hydrogens (tertiary/aromatic N) is 1. The molecule has 0 amide bonds. The molecule has 40 heavy (non-hydrogen) atoms. The van der Waals surface area contributed by atoms with Gasteiger partial charge in [-0.25, -0.2) is 4.79 Å². The molecule has 5 rings (SSSR count). The van der Waals surface area contributed by atoms with E-state index in [0.29, 0.717) is 29.9 Å². The monoisotopic (exact) mass is 559 g/mol. The molecule has 0 bridgehead atoms. The van der Waals surface area contributed by atoms with Crippen LogP contribution in [-0.2, 0) is 4.74 Å². The van der Waals surface area contributed by atoms with E-state index in [1.54, 1.807) is 54.6 Å². The molecule has 8 heteroatoms. The fourth-order valence-electron chi connectivity index (χ4n) is 4.82. The molecule has 1 N–H and O–H groups in total. The van der Waals surface area contributed by atoms with E-state index in [1.165, 1.54) is 30.6 Å². The minimum absolute atomic E-state index is 0.120. The van der Waals surface area contributed by atoms with E-state index in [4.69, 9.17) is 14.2 Å². The fraction of sp³-hybridized carbons (Fsp3) is 0.312.